The van der Waals surface area contributed by atoms with Crippen LogP contribution in [0.15, 0.2) is 28.7 Å². The standard InChI is InChI=1S/C15H17FO2/c1-4-12-5-6-13(18-12)15(17)14-9(2)7-11(16)8-10(14)3/h5-8,15,17H,4H2,1-3H3. The van der Waals surface area contributed by atoms with E-state index in [1.807, 2.05) is 13.0 Å². The van der Waals surface area contributed by atoms with E-state index in [0.717, 1.165) is 23.3 Å². The first-order valence-corrected chi connectivity index (χ1v) is 6.06. The Morgan fingerprint density at radius 1 is 1.22 bits per heavy atom. The van der Waals surface area contributed by atoms with E-state index in [2.05, 4.69) is 0 Å². The molecular weight excluding hydrogens is 231 g/mol. The van der Waals surface area contributed by atoms with E-state index in [1.54, 1.807) is 19.9 Å². The molecule has 1 N–H and O–H groups in total. The minimum absolute atomic E-state index is 0.283. The molecule has 0 bridgehead atoms. The van der Waals surface area contributed by atoms with Crippen molar-refractivity contribution in [2.45, 2.75) is 33.3 Å². The van der Waals surface area contributed by atoms with Crippen molar-refractivity contribution in [1.29, 1.82) is 0 Å². The van der Waals surface area contributed by atoms with Gasteiger partial charge in [0.05, 0.1) is 0 Å². The SMILES string of the molecule is CCc1ccc(C(O)c2c(C)cc(F)cc2C)o1. The number of hydrogen-bond donors (Lipinski definition) is 1. The average Bonchev–Trinajstić information content (AvgIpc) is 2.75. The highest BCUT2D eigenvalue weighted by Gasteiger charge is 2.19. The summed E-state index contributed by atoms with van der Waals surface area (Å²) in [5.74, 6) is 1.06. The zero-order valence-corrected chi connectivity index (χ0v) is 10.8. The summed E-state index contributed by atoms with van der Waals surface area (Å²) in [5.41, 5.74) is 2.18. The molecule has 1 atom stereocenters. The van der Waals surface area contributed by atoms with Crippen molar-refractivity contribution in [3.8, 4) is 0 Å². The molecule has 1 heterocycles. The van der Waals surface area contributed by atoms with Crippen LogP contribution in [-0.4, -0.2) is 5.11 Å². The maximum Gasteiger partial charge on any atom is 0.137 e. The van der Waals surface area contributed by atoms with Crippen molar-refractivity contribution in [2.75, 3.05) is 0 Å². The van der Waals surface area contributed by atoms with Gasteiger partial charge in [0.25, 0.3) is 0 Å². The van der Waals surface area contributed by atoms with E-state index in [9.17, 15) is 9.50 Å². The topological polar surface area (TPSA) is 33.4 Å². The molecule has 1 aromatic carbocycles. The van der Waals surface area contributed by atoms with Crippen LogP contribution < -0.4 is 0 Å². The predicted molar refractivity (Wildman–Crippen MR) is 68.0 cm³/mol. The minimum Gasteiger partial charge on any atom is -0.463 e. The largest absolute Gasteiger partial charge is 0.463 e. The fourth-order valence-electron chi connectivity index (χ4n) is 2.23. The Bertz CT molecular complexity index is 534. The Morgan fingerprint density at radius 2 is 1.83 bits per heavy atom. The smallest absolute Gasteiger partial charge is 0.137 e. The third kappa shape index (κ3) is 2.31. The van der Waals surface area contributed by atoms with E-state index < -0.39 is 6.10 Å². The Balaban J connectivity index is 2.42. The quantitative estimate of drug-likeness (QED) is 0.898. The molecule has 1 unspecified atom stereocenters. The van der Waals surface area contributed by atoms with Crippen LogP contribution in [0.5, 0.6) is 0 Å². The molecule has 0 spiro atoms. The second-order valence-electron chi connectivity index (χ2n) is 4.51. The van der Waals surface area contributed by atoms with Crippen LogP contribution in [0.1, 0.15) is 41.2 Å². The van der Waals surface area contributed by atoms with Gasteiger partial charge in [-0.05, 0) is 54.8 Å². The van der Waals surface area contributed by atoms with Crippen LogP contribution in [0.2, 0.25) is 0 Å². The van der Waals surface area contributed by atoms with E-state index >= 15 is 0 Å². The summed E-state index contributed by atoms with van der Waals surface area (Å²) < 4.78 is 18.8. The van der Waals surface area contributed by atoms with Crippen LogP contribution >= 0.6 is 0 Å². The van der Waals surface area contributed by atoms with Gasteiger partial charge in [0.2, 0.25) is 0 Å². The summed E-state index contributed by atoms with van der Waals surface area (Å²) in [4.78, 5) is 0. The number of benzene rings is 1. The van der Waals surface area contributed by atoms with Crippen molar-refractivity contribution < 1.29 is 13.9 Å². The second-order valence-corrected chi connectivity index (χ2v) is 4.51. The molecule has 0 amide bonds. The van der Waals surface area contributed by atoms with Crippen LogP contribution in [0.25, 0.3) is 0 Å². The lowest BCUT2D eigenvalue weighted by Crippen LogP contribution is -2.04. The molecule has 0 saturated heterocycles. The monoisotopic (exact) mass is 248 g/mol. The molecule has 2 aromatic rings. The molecule has 0 saturated carbocycles. The number of halogens is 1. The third-order valence-electron chi connectivity index (χ3n) is 3.13. The molecule has 2 nitrogen and oxygen atoms in total. The van der Waals surface area contributed by atoms with E-state index in [4.69, 9.17) is 4.42 Å². The molecule has 2 rings (SSSR count). The van der Waals surface area contributed by atoms with E-state index in [0.29, 0.717) is 11.3 Å². The fraction of sp³-hybridized carbons (Fsp3) is 0.333. The Morgan fingerprint density at radius 3 is 2.33 bits per heavy atom. The Hall–Kier alpha value is -1.61. The van der Waals surface area contributed by atoms with Gasteiger partial charge in [-0.3, -0.25) is 0 Å². The van der Waals surface area contributed by atoms with Gasteiger partial charge < -0.3 is 9.52 Å². The van der Waals surface area contributed by atoms with Crippen LogP contribution in [-0.2, 0) is 6.42 Å². The summed E-state index contributed by atoms with van der Waals surface area (Å²) in [6.07, 6.45) is -0.0559. The third-order valence-corrected chi connectivity index (χ3v) is 3.13. The molecule has 1 aromatic heterocycles. The van der Waals surface area contributed by atoms with Gasteiger partial charge in [-0.2, -0.15) is 0 Å². The Labute approximate surface area is 106 Å². The lowest BCUT2D eigenvalue weighted by molar-refractivity contribution is 0.185. The zero-order chi connectivity index (χ0) is 13.3. The van der Waals surface area contributed by atoms with Gasteiger partial charge >= 0.3 is 0 Å². The van der Waals surface area contributed by atoms with Gasteiger partial charge in [-0.25, -0.2) is 4.39 Å². The van der Waals surface area contributed by atoms with Crippen LogP contribution in [0, 0.1) is 19.7 Å². The zero-order valence-electron chi connectivity index (χ0n) is 10.8. The van der Waals surface area contributed by atoms with Crippen molar-refractivity contribution in [1.82, 2.24) is 0 Å². The van der Waals surface area contributed by atoms with Gasteiger partial charge in [-0.15, -0.1) is 0 Å². The number of aryl methyl sites for hydroxylation is 3. The van der Waals surface area contributed by atoms with Crippen molar-refractivity contribution in [3.63, 3.8) is 0 Å². The number of aliphatic hydroxyl groups excluding tert-OH is 1. The van der Waals surface area contributed by atoms with Gasteiger partial charge in [-0.1, -0.05) is 6.92 Å². The number of aliphatic hydroxyl groups is 1. The summed E-state index contributed by atoms with van der Waals surface area (Å²) in [6, 6.07) is 6.48. The van der Waals surface area contributed by atoms with Crippen LogP contribution in [0.4, 0.5) is 4.39 Å². The lowest BCUT2D eigenvalue weighted by atomic mass is 9.96. The molecule has 0 fully saturated rings. The lowest BCUT2D eigenvalue weighted by Gasteiger charge is -2.15. The molecule has 18 heavy (non-hydrogen) atoms. The molecular formula is C15H17FO2. The van der Waals surface area contributed by atoms with Gasteiger partial charge in [0.15, 0.2) is 0 Å². The fourth-order valence-corrected chi connectivity index (χ4v) is 2.23. The van der Waals surface area contributed by atoms with Crippen molar-refractivity contribution >= 4 is 0 Å². The number of furan rings is 1. The van der Waals surface area contributed by atoms with Crippen molar-refractivity contribution in [3.05, 3.63) is 58.3 Å². The van der Waals surface area contributed by atoms with E-state index in [-0.39, 0.29) is 5.82 Å². The molecule has 0 aliphatic carbocycles. The summed E-state index contributed by atoms with van der Waals surface area (Å²) in [7, 11) is 0. The molecule has 0 radical (unpaired) electrons. The normalized spacial score (nSPS) is 12.7. The van der Waals surface area contributed by atoms with Gasteiger partial charge in [0, 0.05) is 6.42 Å². The first-order valence-electron chi connectivity index (χ1n) is 6.06. The van der Waals surface area contributed by atoms with Crippen molar-refractivity contribution in [2.24, 2.45) is 0 Å². The first-order chi connectivity index (χ1) is 8.52. The van der Waals surface area contributed by atoms with Crippen LogP contribution in [0.3, 0.4) is 0 Å². The summed E-state index contributed by atoms with van der Waals surface area (Å²) >= 11 is 0. The predicted octanol–water partition coefficient (Wildman–Crippen LogP) is 3.68. The van der Waals surface area contributed by atoms with Gasteiger partial charge in [0.1, 0.15) is 23.4 Å². The first kappa shape index (κ1) is 12.8. The van der Waals surface area contributed by atoms with E-state index in [1.165, 1.54) is 12.1 Å². The summed E-state index contributed by atoms with van der Waals surface area (Å²) in [5, 5.41) is 10.3. The highest BCUT2D eigenvalue weighted by atomic mass is 19.1. The highest BCUT2D eigenvalue weighted by molar-refractivity contribution is 5.39. The average molecular weight is 248 g/mol. The molecule has 3 heteroatoms. The molecule has 0 aliphatic rings. The number of hydrogen-bond acceptors (Lipinski definition) is 2. The highest BCUT2D eigenvalue weighted by Crippen LogP contribution is 2.29. The maximum atomic E-state index is 13.2. The Kier molecular flexibility index (Phi) is 3.53. The second kappa shape index (κ2) is 4.94. The molecule has 0 aliphatic heterocycles. The molecule has 96 valence electrons. The minimum atomic E-state index is -0.842. The number of rotatable bonds is 3. The summed E-state index contributed by atoms with van der Waals surface area (Å²) in [6.45, 7) is 5.57. The maximum absolute atomic E-state index is 13.2.